The first-order valence-corrected chi connectivity index (χ1v) is 9.11. The number of rotatable bonds is 8. The maximum atomic E-state index is 4.76. The van der Waals surface area contributed by atoms with Crippen LogP contribution in [-0.4, -0.2) is 84.4 Å². The van der Waals surface area contributed by atoms with Crippen LogP contribution in [0.4, 0.5) is 0 Å². The summed E-state index contributed by atoms with van der Waals surface area (Å²) in [4.78, 5) is 9.68. The van der Waals surface area contributed by atoms with Gasteiger partial charge in [0.05, 0.1) is 6.54 Å². The highest BCUT2D eigenvalue weighted by atomic mass is 127. The predicted molar refractivity (Wildman–Crippen MR) is 115 cm³/mol. The van der Waals surface area contributed by atoms with E-state index in [1.807, 2.05) is 23.1 Å². The van der Waals surface area contributed by atoms with Crippen molar-refractivity contribution in [2.24, 2.45) is 4.99 Å². The molecule has 7 nitrogen and oxygen atoms in total. The van der Waals surface area contributed by atoms with Crippen LogP contribution in [0.25, 0.3) is 0 Å². The van der Waals surface area contributed by atoms with Gasteiger partial charge in [0.15, 0.2) is 5.96 Å². The Morgan fingerprint density at radius 3 is 2.64 bits per heavy atom. The zero-order valence-corrected chi connectivity index (χ0v) is 18.1. The van der Waals surface area contributed by atoms with E-state index < -0.39 is 0 Å². The summed E-state index contributed by atoms with van der Waals surface area (Å²) in [5, 5.41) is 11.0. The van der Waals surface area contributed by atoms with Crippen molar-refractivity contribution in [3.63, 3.8) is 0 Å². The lowest BCUT2D eigenvalue weighted by atomic mass is 10.2. The molecule has 2 heterocycles. The lowest BCUT2D eigenvalue weighted by Gasteiger charge is -2.35. The summed E-state index contributed by atoms with van der Waals surface area (Å²) in [7, 11) is 2.19. The predicted octanol–water partition coefficient (Wildman–Crippen LogP) is 1.08. The molecule has 1 unspecified atom stereocenters. The normalized spacial score (nSPS) is 17.8. The van der Waals surface area contributed by atoms with Gasteiger partial charge in [-0.1, -0.05) is 0 Å². The van der Waals surface area contributed by atoms with Gasteiger partial charge < -0.3 is 15.5 Å². The molecule has 1 aliphatic rings. The molecule has 0 saturated carbocycles. The number of aliphatic imine (C=N–C) groups is 1. The Hall–Kier alpha value is -0.870. The second kappa shape index (κ2) is 12.5. The van der Waals surface area contributed by atoms with Crippen LogP contribution in [0.5, 0.6) is 0 Å². The smallest absolute Gasteiger partial charge is 0.191 e. The van der Waals surface area contributed by atoms with Gasteiger partial charge in [0, 0.05) is 64.2 Å². The maximum Gasteiger partial charge on any atom is 0.191 e. The van der Waals surface area contributed by atoms with Crippen LogP contribution in [0.3, 0.4) is 0 Å². The van der Waals surface area contributed by atoms with E-state index in [-0.39, 0.29) is 24.0 Å². The Kier molecular flexibility index (Phi) is 11.1. The molecular weight excluding hydrogens is 429 g/mol. The van der Waals surface area contributed by atoms with E-state index in [4.69, 9.17) is 4.99 Å². The SMILES string of the molecule is CCNC(=NCC(C)N1CCN(C)CC1)NCCCn1cccn1.I. The molecule has 1 aromatic heterocycles. The molecule has 0 radical (unpaired) electrons. The van der Waals surface area contributed by atoms with Gasteiger partial charge in [-0.25, -0.2) is 0 Å². The maximum absolute atomic E-state index is 4.76. The molecule has 1 aromatic rings. The fraction of sp³-hybridized carbons (Fsp3) is 0.765. The number of halogens is 1. The van der Waals surface area contributed by atoms with Crippen LogP contribution in [0, 0.1) is 0 Å². The van der Waals surface area contributed by atoms with Gasteiger partial charge in [-0.2, -0.15) is 5.10 Å². The van der Waals surface area contributed by atoms with E-state index in [0.717, 1.165) is 64.7 Å². The molecule has 2 rings (SSSR count). The Bertz CT molecular complexity index is 469. The number of likely N-dealkylation sites (N-methyl/N-ethyl adjacent to an activating group) is 1. The highest BCUT2D eigenvalue weighted by molar-refractivity contribution is 14.0. The van der Waals surface area contributed by atoms with Gasteiger partial charge in [0.25, 0.3) is 0 Å². The Labute approximate surface area is 169 Å². The van der Waals surface area contributed by atoms with E-state index in [1.54, 1.807) is 0 Å². The number of nitrogens with zero attached hydrogens (tertiary/aromatic N) is 5. The van der Waals surface area contributed by atoms with Crippen molar-refractivity contribution >= 4 is 29.9 Å². The van der Waals surface area contributed by atoms with Crippen LogP contribution >= 0.6 is 24.0 Å². The van der Waals surface area contributed by atoms with Crippen LogP contribution in [0.2, 0.25) is 0 Å². The molecule has 1 saturated heterocycles. The highest BCUT2D eigenvalue weighted by Crippen LogP contribution is 2.05. The quantitative estimate of drug-likeness (QED) is 0.262. The van der Waals surface area contributed by atoms with Crippen LogP contribution < -0.4 is 10.6 Å². The standard InChI is InChI=1S/C17H33N7.HI/c1-4-18-17(19-7-5-9-24-10-6-8-21-24)20-15-16(2)23-13-11-22(3)12-14-23;/h6,8,10,16H,4-5,7,9,11-15H2,1-3H3,(H2,18,19,20);1H. The van der Waals surface area contributed by atoms with E-state index in [0.29, 0.717) is 6.04 Å². The summed E-state index contributed by atoms with van der Waals surface area (Å²) in [6.07, 6.45) is 4.84. The topological polar surface area (TPSA) is 60.7 Å². The van der Waals surface area contributed by atoms with E-state index >= 15 is 0 Å². The van der Waals surface area contributed by atoms with Gasteiger partial charge in [0.2, 0.25) is 0 Å². The van der Waals surface area contributed by atoms with Crippen LogP contribution in [-0.2, 0) is 6.54 Å². The van der Waals surface area contributed by atoms with Crippen molar-refractivity contribution < 1.29 is 0 Å². The summed E-state index contributed by atoms with van der Waals surface area (Å²) in [6, 6.07) is 2.44. The van der Waals surface area contributed by atoms with Crippen molar-refractivity contribution in [1.82, 2.24) is 30.2 Å². The third-order valence-corrected chi connectivity index (χ3v) is 4.43. The molecule has 0 aliphatic carbocycles. The number of aryl methyl sites for hydroxylation is 1. The van der Waals surface area contributed by atoms with E-state index in [2.05, 4.69) is 46.4 Å². The minimum Gasteiger partial charge on any atom is -0.357 e. The van der Waals surface area contributed by atoms with Gasteiger partial charge in [-0.15, -0.1) is 24.0 Å². The number of hydrogen-bond acceptors (Lipinski definition) is 4. The van der Waals surface area contributed by atoms with Crippen LogP contribution in [0.15, 0.2) is 23.5 Å². The first-order valence-electron chi connectivity index (χ1n) is 9.11. The monoisotopic (exact) mass is 463 g/mol. The molecule has 144 valence electrons. The van der Waals surface area contributed by atoms with Crippen LogP contribution in [0.1, 0.15) is 20.3 Å². The molecule has 0 amide bonds. The third kappa shape index (κ3) is 8.37. The second-order valence-corrected chi connectivity index (χ2v) is 6.46. The molecule has 0 aromatic carbocycles. The van der Waals surface area contributed by atoms with Crippen molar-refractivity contribution in [3.05, 3.63) is 18.5 Å². The van der Waals surface area contributed by atoms with Crippen molar-refractivity contribution in [2.45, 2.75) is 32.9 Å². The zero-order valence-electron chi connectivity index (χ0n) is 15.8. The molecular formula is C17H34IN7. The largest absolute Gasteiger partial charge is 0.357 e. The van der Waals surface area contributed by atoms with Crippen molar-refractivity contribution in [2.75, 3.05) is 52.9 Å². The first kappa shape index (κ1) is 22.2. The molecule has 25 heavy (non-hydrogen) atoms. The molecule has 0 spiro atoms. The third-order valence-electron chi connectivity index (χ3n) is 4.43. The zero-order chi connectivity index (χ0) is 17.2. The Morgan fingerprint density at radius 2 is 2.00 bits per heavy atom. The van der Waals surface area contributed by atoms with E-state index in [9.17, 15) is 0 Å². The van der Waals surface area contributed by atoms with Gasteiger partial charge >= 0.3 is 0 Å². The highest BCUT2D eigenvalue weighted by Gasteiger charge is 2.18. The molecule has 2 N–H and O–H groups in total. The summed E-state index contributed by atoms with van der Waals surface area (Å²) in [5.41, 5.74) is 0. The Morgan fingerprint density at radius 1 is 1.24 bits per heavy atom. The fourth-order valence-corrected chi connectivity index (χ4v) is 2.82. The first-order chi connectivity index (χ1) is 11.7. The number of hydrogen-bond donors (Lipinski definition) is 2. The fourth-order valence-electron chi connectivity index (χ4n) is 2.82. The summed E-state index contributed by atoms with van der Waals surface area (Å²) in [6.45, 7) is 12.5. The average molecular weight is 463 g/mol. The lowest BCUT2D eigenvalue weighted by Crippen LogP contribution is -2.49. The van der Waals surface area contributed by atoms with Gasteiger partial charge in [-0.3, -0.25) is 14.6 Å². The minimum absolute atomic E-state index is 0. The molecule has 8 heteroatoms. The minimum atomic E-state index is 0. The Balaban J connectivity index is 0.00000312. The summed E-state index contributed by atoms with van der Waals surface area (Å²) < 4.78 is 1.96. The molecule has 1 fully saturated rings. The van der Waals surface area contributed by atoms with Gasteiger partial charge in [-0.05, 0) is 33.4 Å². The van der Waals surface area contributed by atoms with Gasteiger partial charge in [0.1, 0.15) is 0 Å². The number of nitrogens with one attached hydrogen (secondary N) is 2. The second-order valence-electron chi connectivity index (χ2n) is 6.46. The van der Waals surface area contributed by atoms with Crippen molar-refractivity contribution in [1.29, 1.82) is 0 Å². The number of piperazine rings is 1. The van der Waals surface area contributed by atoms with E-state index in [1.165, 1.54) is 0 Å². The molecule has 0 bridgehead atoms. The molecule has 1 atom stereocenters. The summed E-state index contributed by atoms with van der Waals surface area (Å²) in [5.74, 6) is 0.916. The molecule has 1 aliphatic heterocycles. The number of aromatic nitrogens is 2. The lowest BCUT2D eigenvalue weighted by molar-refractivity contribution is 0.122. The number of guanidine groups is 1. The average Bonchev–Trinajstić information content (AvgIpc) is 3.10. The van der Waals surface area contributed by atoms with Crippen molar-refractivity contribution in [3.8, 4) is 0 Å². The summed E-state index contributed by atoms with van der Waals surface area (Å²) >= 11 is 0.